The Kier molecular flexibility index (Phi) is 2.89. The van der Waals surface area contributed by atoms with Crippen molar-refractivity contribution in [3.05, 3.63) is 29.3 Å². The van der Waals surface area contributed by atoms with Crippen molar-refractivity contribution >= 4 is 5.78 Å². The third-order valence-electron chi connectivity index (χ3n) is 4.46. The van der Waals surface area contributed by atoms with Gasteiger partial charge in [0.1, 0.15) is 5.75 Å². The van der Waals surface area contributed by atoms with Crippen LogP contribution in [0.4, 0.5) is 0 Å². The minimum atomic E-state index is -0.167. The van der Waals surface area contributed by atoms with Gasteiger partial charge in [-0.05, 0) is 24.5 Å². The van der Waals surface area contributed by atoms with E-state index >= 15 is 0 Å². The maximum atomic E-state index is 12.8. The molecule has 3 rings (SSSR count). The number of hydrogen-bond donors (Lipinski definition) is 0. The predicted molar refractivity (Wildman–Crippen MR) is 71.2 cm³/mol. The second-order valence-corrected chi connectivity index (χ2v) is 5.84. The molecule has 0 N–H and O–H groups in total. The van der Waals surface area contributed by atoms with Gasteiger partial charge in [-0.15, -0.1) is 0 Å². The summed E-state index contributed by atoms with van der Waals surface area (Å²) in [7, 11) is 0. The molecule has 2 heteroatoms. The number of fused-ring (bicyclic) bond motifs is 1. The first-order chi connectivity index (χ1) is 8.71. The molecule has 0 aromatic heterocycles. The van der Waals surface area contributed by atoms with Gasteiger partial charge in [0.15, 0.2) is 5.78 Å². The summed E-state index contributed by atoms with van der Waals surface area (Å²) in [5.41, 5.74) is 1.84. The molecule has 0 saturated heterocycles. The highest BCUT2D eigenvalue weighted by Crippen LogP contribution is 2.41. The van der Waals surface area contributed by atoms with Gasteiger partial charge in [0.25, 0.3) is 0 Å². The molecule has 0 atom stereocenters. The lowest BCUT2D eigenvalue weighted by Crippen LogP contribution is -2.30. The maximum absolute atomic E-state index is 12.8. The number of hydrogen-bond acceptors (Lipinski definition) is 2. The zero-order chi connectivity index (χ0) is 12.6. The third kappa shape index (κ3) is 1.84. The van der Waals surface area contributed by atoms with Crippen LogP contribution in [0, 0.1) is 5.41 Å². The molecule has 0 radical (unpaired) electrons. The molecule has 1 heterocycles. The number of para-hydroxylation sites is 1. The van der Waals surface area contributed by atoms with Crippen LogP contribution in [0.15, 0.2) is 18.2 Å². The summed E-state index contributed by atoms with van der Waals surface area (Å²) < 4.78 is 5.67. The molecule has 96 valence electrons. The monoisotopic (exact) mass is 244 g/mol. The van der Waals surface area contributed by atoms with E-state index < -0.39 is 0 Å². The van der Waals surface area contributed by atoms with Crippen molar-refractivity contribution in [3.8, 4) is 5.75 Å². The minimum absolute atomic E-state index is 0.167. The van der Waals surface area contributed by atoms with Gasteiger partial charge < -0.3 is 4.74 Å². The first kappa shape index (κ1) is 11.8. The fourth-order valence-electron chi connectivity index (χ4n) is 3.28. The molecule has 0 spiro atoms. The average Bonchev–Trinajstić information content (AvgIpc) is 2.87. The normalized spacial score (nSPS) is 21.2. The number of ketones is 1. The molecule has 1 aliphatic carbocycles. The molecular weight excluding hydrogens is 224 g/mol. The van der Waals surface area contributed by atoms with E-state index in [1.54, 1.807) is 0 Å². The van der Waals surface area contributed by atoms with Crippen molar-refractivity contribution in [1.29, 1.82) is 0 Å². The van der Waals surface area contributed by atoms with Gasteiger partial charge in [0, 0.05) is 11.8 Å². The molecule has 0 unspecified atom stereocenters. The van der Waals surface area contributed by atoms with E-state index in [4.69, 9.17) is 4.74 Å². The fraction of sp³-hybridized carbons (Fsp3) is 0.562. The van der Waals surface area contributed by atoms with E-state index in [2.05, 4.69) is 13.0 Å². The summed E-state index contributed by atoms with van der Waals surface area (Å²) in [4.78, 5) is 12.8. The number of ether oxygens (including phenoxy) is 1. The van der Waals surface area contributed by atoms with Crippen LogP contribution < -0.4 is 4.74 Å². The first-order valence-electron chi connectivity index (χ1n) is 7.00. The average molecular weight is 244 g/mol. The zero-order valence-corrected chi connectivity index (χ0v) is 11.0. The van der Waals surface area contributed by atoms with Crippen LogP contribution >= 0.6 is 0 Å². The number of carbonyl (C=O) groups excluding carboxylic acids is 1. The highest BCUT2D eigenvalue weighted by molar-refractivity contribution is 6.03. The Morgan fingerprint density at radius 2 is 2.00 bits per heavy atom. The molecule has 1 fully saturated rings. The van der Waals surface area contributed by atoms with Crippen LogP contribution in [0.5, 0.6) is 5.75 Å². The van der Waals surface area contributed by atoms with Crippen LogP contribution in [-0.2, 0) is 6.42 Å². The number of rotatable bonds is 2. The summed E-state index contributed by atoms with van der Waals surface area (Å²) in [6, 6.07) is 6.00. The smallest absolute Gasteiger partial charge is 0.172 e. The molecule has 1 aliphatic heterocycles. The van der Waals surface area contributed by atoms with Gasteiger partial charge in [-0.25, -0.2) is 0 Å². The molecule has 1 saturated carbocycles. The van der Waals surface area contributed by atoms with Crippen LogP contribution in [0.2, 0.25) is 0 Å². The van der Waals surface area contributed by atoms with Crippen LogP contribution in [0.1, 0.15) is 54.9 Å². The molecule has 18 heavy (non-hydrogen) atoms. The Morgan fingerprint density at radius 3 is 2.78 bits per heavy atom. The summed E-state index contributed by atoms with van der Waals surface area (Å²) in [5, 5.41) is 0. The van der Waals surface area contributed by atoms with Gasteiger partial charge in [-0.3, -0.25) is 4.79 Å². The number of Topliss-reactive ketones (excluding diaryl/α,β-unsaturated/α-hetero) is 1. The van der Waals surface area contributed by atoms with Crippen LogP contribution in [0.25, 0.3) is 0 Å². The van der Waals surface area contributed by atoms with E-state index in [1.165, 1.54) is 24.8 Å². The number of benzene rings is 1. The van der Waals surface area contributed by atoms with Crippen molar-refractivity contribution in [2.45, 2.75) is 45.4 Å². The molecule has 0 bridgehead atoms. The lowest BCUT2D eigenvalue weighted by Gasteiger charge is -2.32. The van der Waals surface area contributed by atoms with E-state index in [1.807, 2.05) is 12.1 Å². The fourth-order valence-corrected chi connectivity index (χ4v) is 3.28. The summed E-state index contributed by atoms with van der Waals surface area (Å²) >= 11 is 0. The van der Waals surface area contributed by atoms with Gasteiger partial charge >= 0.3 is 0 Å². The first-order valence-corrected chi connectivity index (χ1v) is 7.00. The standard InChI is InChI=1S/C16H20O2/c1-16(9-3-2-4-10-16)15(17)13-7-5-6-12-8-11-18-14(12)13/h5-7H,2-4,8-11H2,1H3. The molecule has 1 aromatic carbocycles. The largest absolute Gasteiger partial charge is 0.492 e. The molecule has 2 aliphatic rings. The summed E-state index contributed by atoms with van der Waals surface area (Å²) in [5.74, 6) is 1.15. The van der Waals surface area contributed by atoms with Crippen molar-refractivity contribution < 1.29 is 9.53 Å². The quantitative estimate of drug-likeness (QED) is 0.740. The van der Waals surface area contributed by atoms with Crippen molar-refractivity contribution in [2.75, 3.05) is 6.61 Å². The highest BCUT2D eigenvalue weighted by Gasteiger charge is 2.37. The molecule has 1 aromatic rings. The highest BCUT2D eigenvalue weighted by atomic mass is 16.5. The van der Waals surface area contributed by atoms with Gasteiger partial charge in [0.2, 0.25) is 0 Å². The minimum Gasteiger partial charge on any atom is -0.492 e. The van der Waals surface area contributed by atoms with Crippen molar-refractivity contribution in [3.63, 3.8) is 0 Å². The van der Waals surface area contributed by atoms with E-state index in [0.29, 0.717) is 5.78 Å². The van der Waals surface area contributed by atoms with E-state index in [0.717, 1.165) is 37.2 Å². The van der Waals surface area contributed by atoms with E-state index in [9.17, 15) is 4.79 Å². The topological polar surface area (TPSA) is 26.3 Å². The molecular formula is C16H20O2. The summed E-state index contributed by atoms with van der Waals surface area (Å²) in [6.45, 7) is 2.85. The Labute approximate surface area is 108 Å². The second-order valence-electron chi connectivity index (χ2n) is 5.84. The van der Waals surface area contributed by atoms with Gasteiger partial charge in [0.05, 0.1) is 12.2 Å². The number of carbonyl (C=O) groups is 1. The van der Waals surface area contributed by atoms with Crippen molar-refractivity contribution in [1.82, 2.24) is 0 Å². The SMILES string of the molecule is CC1(C(=O)c2cccc3c2OCC3)CCCCC1. The van der Waals surface area contributed by atoms with Gasteiger partial charge in [-0.1, -0.05) is 38.3 Å². The lowest BCUT2D eigenvalue weighted by atomic mass is 9.71. The van der Waals surface area contributed by atoms with E-state index in [-0.39, 0.29) is 5.41 Å². The molecule has 0 amide bonds. The van der Waals surface area contributed by atoms with Crippen LogP contribution in [-0.4, -0.2) is 12.4 Å². The third-order valence-corrected chi connectivity index (χ3v) is 4.46. The Bertz CT molecular complexity index is 470. The lowest BCUT2D eigenvalue weighted by molar-refractivity contribution is 0.0746. The van der Waals surface area contributed by atoms with Crippen LogP contribution in [0.3, 0.4) is 0 Å². The Hall–Kier alpha value is -1.31. The maximum Gasteiger partial charge on any atom is 0.172 e. The second kappa shape index (κ2) is 4.42. The van der Waals surface area contributed by atoms with Gasteiger partial charge in [-0.2, -0.15) is 0 Å². The summed E-state index contributed by atoms with van der Waals surface area (Å²) in [6.07, 6.45) is 6.61. The predicted octanol–water partition coefficient (Wildman–Crippen LogP) is 3.77. The Balaban J connectivity index is 1.95. The molecule has 2 nitrogen and oxygen atoms in total. The van der Waals surface area contributed by atoms with Crippen molar-refractivity contribution in [2.24, 2.45) is 5.41 Å². The zero-order valence-electron chi connectivity index (χ0n) is 11.0. The Morgan fingerprint density at radius 1 is 1.22 bits per heavy atom.